The maximum Gasteiger partial charge on any atom is 0.381 e. The van der Waals surface area contributed by atoms with E-state index in [-0.39, 0.29) is 0 Å². The Morgan fingerprint density at radius 1 is 0.472 bits per heavy atom. The lowest BCUT2D eigenvalue weighted by atomic mass is 9.98. The van der Waals surface area contributed by atoms with E-state index in [1.165, 1.54) is 27.1 Å². The Morgan fingerprint density at radius 2 is 1.08 bits per heavy atom. The van der Waals surface area contributed by atoms with Crippen molar-refractivity contribution in [2.45, 2.75) is 6.54 Å². The Hall–Kier alpha value is -4.69. The fraction of sp³-hybridized carbons (Fsp3) is 0.0294. The number of hydrogen-bond donors (Lipinski definition) is 0. The molecule has 2 nitrogen and oxygen atoms in total. The molecule has 0 radical (unpaired) electrons. The summed E-state index contributed by atoms with van der Waals surface area (Å²) >= 11 is 0. The molecule has 0 spiro atoms. The summed E-state index contributed by atoms with van der Waals surface area (Å²) in [4.78, 5) is 0. The minimum absolute atomic E-state index is 0.729. The van der Waals surface area contributed by atoms with Crippen LogP contribution in [0.3, 0.4) is 0 Å². The van der Waals surface area contributed by atoms with Gasteiger partial charge in [0.1, 0.15) is 5.75 Å². The average molecular weight is 463 g/mol. The lowest BCUT2D eigenvalue weighted by Crippen LogP contribution is -2.35. The lowest BCUT2D eigenvalue weighted by molar-refractivity contribution is -0.690. The van der Waals surface area contributed by atoms with Gasteiger partial charge in [0.05, 0.1) is 5.39 Å². The first-order valence-corrected chi connectivity index (χ1v) is 12.3. The molecule has 36 heavy (non-hydrogen) atoms. The highest BCUT2D eigenvalue weighted by Crippen LogP contribution is 2.40. The van der Waals surface area contributed by atoms with Crippen molar-refractivity contribution in [1.29, 1.82) is 0 Å². The second-order valence-corrected chi connectivity index (χ2v) is 9.27. The van der Waals surface area contributed by atoms with Gasteiger partial charge >= 0.3 is 5.88 Å². The van der Waals surface area contributed by atoms with Crippen LogP contribution < -0.4 is 9.30 Å². The summed E-state index contributed by atoms with van der Waals surface area (Å²) in [5.41, 5.74) is 1.23. The van der Waals surface area contributed by atoms with E-state index in [0.717, 1.165) is 39.7 Å². The van der Waals surface area contributed by atoms with E-state index in [4.69, 9.17) is 4.74 Å². The summed E-state index contributed by atoms with van der Waals surface area (Å²) in [6.45, 7) is 0.729. The molecule has 0 aliphatic heterocycles. The van der Waals surface area contributed by atoms with E-state index in [1.54, 1.807) is 0 Å². The first-order valence-electron chi connectivity index (χ1n) is 12.3. The van der Waals surface area contributed by atoms with Crippen LogP contribution >= 0.6 is 0 Å². The zero-order valence-electron chi connectivity index (χ0n) is 19.8. The molecule has 0 bridgehead atoms. The zero-order chi connectivity index (χ0) is 23.9. The predicted molar refractivity (Wildman–Crippen MR) is 149 cm³/mol. The van der Waals surface area contributed by atoms with E-state index < -0.39 is 0 Å². The first kappa shape index (κ1) is 20.7. The number of fused-ring (bicyclic) bond motifs is 4. The lowest BCUT2D eigenvalue weighted by Gasteiger charge is -2.14. The van der Waals surface area contributed by atoms with Gasteiger partial charge in [0.25, 0.3) is 0 Å². The van der Waals surface area contributed by atoms with Crippen LogP contribution in [0.25, 0.3) is 43.1 Å². The topological polar surface area (TPSA) is 13.1 Å². The molecule has 0 saturated heterocycles. The number of hydrogen-bond acceptors (Lipinski definition) is 1. The van der Waals surface area contributed by atoms with E-state index in [2.05, 4.69) is 138 Å². The highest BCUT2D eigenvalue weighted by atomic mass is 16.5. The Balaban J connectivity index is 1.51. The normalized spacial score (nSPS) is 11.4. The minimum Gasteiger partial charge on any atom is -0.403 e. The Morgan fingerprint density at radius 3 is 1.89 bits per heavy atom. The van der Waals surface area contributed by atoms with E-state index in [1.807, 2.05) is 0 Å². The molecule has 6 aromatic carbocycles. The van der Waals surface area contributed by atoms with Crippen LogP contribution in [0, 0.1) is 0 Å². The van der Waals surface area contributed by atoms with Gasteiger partial charge in [-0.25, -0.2) is 0 Å². The van der Waals surface area contributed by atoms with Gasteiger partial charge in [-0.2, -0.15) is 4.57 Å². The number of nitrogens with zero attached hydrogens (tertiary/aromatic N) is 1. The maximum absolute atomic E-state index is 7.03. The molecule has 0 fully saturated rings. The van der Waals surface area contributed by atoms with Crippen molar-refractivity contribution in [2.24, 2.45) is 0 Å². The second kappa shape index (κ2) is 8.51. The average Bonchev–Trinajstić information content (AvgIpc) is 2.93. The van der Waals surface area contributed by atoms with E-state index >= 15 is 0 Å². The predicted octanol–water partition coefficient (Wildman–Crippen LogP) is 8.43. The first-order chi connectivity index (χ1) is 17.8. The maximum atomic E-state index is 7.03. The van der Waals surface area contributed by atoms with Gasteiger partial charge < -0.3 is 4.74 Å². The van der Waals surface area contributed by atoms with Crippen LogP contribution in [0.2, 0.25) is 0 Å². The number of rotatable bonds is 4. The van der Waals surface area contributed by atoms with Crippen molar-refractivity contribution in [2.75, 3.05) is 0 Å². The van der Waals surface area contributed by atoms with Crippen LogP contribution in [0.5, 0.6) is 11.6 Å². The van der Waals surface area contributed by atoms with Gasteiger partial charge in [-0.15, -0.1) is 0 Å². The van der Waals surface area contributed by atoms with Gasteiger partial charge in [0.2, 0.25) is 0 Å². The third-order valence-corrected chi connectivity index (χ3v) is 6.96. The Labute approximate surface area is 209 Å². The number of benzene rings is 6. The quantitative estimate of drug-likeness (QED) is 0.189. The molecule has 0 saturated carbocycles. The van der Waals surface area contributed by atoms with Crippen molar-refractivity contribution < 1.29 is 9.30 Å². The van der Waals surface area contributed by atoms with Gasteiger partial charge in [0.15, 0.2) is 12.7 Å². The second-order valence-electron chi connectivity index (χ2n) is 9.27. The van der Waals surface area contributed by atoms with E-state index in [9.17, 15) is 0 Å². The molecule has 7 aromatic rings. The highest BCUT2D eigenvalue weighted by Gasteiger charge is 2.21. The molecule has 7 rings (SSSR count). The molecule has 0 atom stereocenters. The third-order valence-electron chi connectivity index (χ3n) is 6.96. The SMILES string of the molecule is c1ccc(C[n+]2ccc3ccccc3c2Oc2c3ccccc3cc3cc4ccccc4cc23)cc1. The molecule has 2 heteroatoms. The van der Waals surface area contributed by atoms with Gasteiger partial charge in [-0.1, -0.05) is 97.1 Å². The summed E-state index contributed by atoms with van der Waals surface area (Å²) < 4.78 is 9.25. The largest absolute Gasteiger partial charge is 0.403 e. The van der Waals surface area contributed by atoms with Crippen molar-refractivity contribution in [3.63, 3.8) is 0 Å². The van der Waals surface area contributed by atoms with Crippen molar-refractivity contribution in [1.82, 2.24) is 0 Å². The third kappa shape index (κ3) is 3.55. The van der Waals surface area contributed by atoms with Crippen LogP contribution in [-0.2, 0) is 6.54 Å². The molecular weight excluding hydrogens is 438 g/mol. The Bertz CT molecular complexity index is 1880. The summed E-state index contributed by atoms with van der Waals surface area (Å²) in [6, 6.07) is 45.0. The Kier molecular flexibility index (Phi) is 4.89. The van der Waals surface area contributed by atoms with E-state index in [0.29, 0.717) is 0 Å². The number of ether oxygens (including phenoxy) is 1. The number of aromatic nitrogens is 1. The fourth-order valence-electron chi connectivity index (χ4n) is 5.17. The highest BCUT2D eigenvalue weighted by molar-refractivity contribution is 6.10. The van der Waals surface area contributed by atoms with Crippen LogP contribution in [0.4, 0.5) is 0 Å². The summed E-state index contributed by atoms with van der Waals surface area (Å²) in [6.07, 6.45) is 2.13. The standard InChI is InChI=1S/C34H24NO/c1-2-10-24(11-3-1)23-35-19-18-25-12-6-9-17-31(25)34(35)36-33-30-16-8-7-15-28(30)21-29-20-26-13-4-5-14-27(26)22-32(29)33/h1-22H,23H2/q+1. The van der Waals surface area contributed by atoms with Crippen LogP contribution in [-0.4, -0.2) is 0 Å². The van der Waals surface area contributed by atoms with Gasteiger partial charge in [-0.3, -0.25) is 0 Å². The molecule has 1 aromatic heterocycles. The zero-order valence-corrected chi connectivity index (χ0v) is 19.8. The molecule has 0 amide bonds. The molecule has 1 heterocycles. The summed E-state index contributed by atoms with van der Waals surface area (Å²) in [5.74, 6) is 1.75. The molecular formula is C34H24NO+. The molecule has 0 aliphatic carbocycles. The fourth-order valence-corrected chi connectivity index (χ4v) is 5.17. The monoisotopic (exact) mass is 462 g/mol. The molecule has 170 valence electrons. The molecule has 0 aliphatic rings. The van der Waals surface area contributed by atoms with Crippen molar-refractivity contribution in [3.8, 4) is 11.6 Å². The molecule has 0 N–H and O–H groups in total. The van der Waals surface area contributed by atoms with Gasteiger partial charge in [0, 0.05) is 22.4 Å². The van der Waals surface area contributed by atoms with Crippen molar-refractivity contribution in [3.05, 3.63) is 139 Å². The number of pyridine rings is 1. The smallest absolute Gasteiger partial charge is 0.381 e. The summed E-state index contributed by atoms with van der Waals surface area (Å²) in [7, 11) is 0. The molecule has 0 unspecified atom stereocenters. The van der Waals surface area contributed by atoms with Gasteiger partial charge in [-0.05, 0) is 51.2 Å². The minimum atomic E-state index is 0.729. The summed E-state index contributed by atoms with van der Waals surface area (Å²) in [5, 5.41) is 9.27. The van der Waals surface area contributed by atoms with Crippen LogP contribution in [0.15, 0.2) is 134 Å². The van der Waals surface area contributed by atoms with Crippen molar-refractivity contribution >= 4 is 43.1 Å². The van der Waals surface area contributed by atoms with Crippen LogP contribution in [0.1, 0.15) is 5.56 Å².